The van der Waals surface area contributed by atoms with Gasteiger partial charge in [-0.2, -0.15) is 0 Å². The minimum atomic E-state index is -0.191. The summed E-state index contributed by atoms with van der Waals surface area (Å²) in [5.41, 5.74) is 1.99. The summed E-state index contributed by atoms with van der Waals surface area (Å²) in [5.74, 6) is -0.0521. The molecule has 1 amide bonds. The van der Waals surface area contributed by atoms with Gasteiger partial charge in [0.25, 0.3) is 5.91 Å². The first-order valence-corrected chi connectivity index (χ1v) is 11.1. The Morgan fingerprint density at radius 3 is 2.50 bits per heavy atom. The van der Waals surface area contributed by atoms with Crippen molar-refractivity contribution in [3.05, 3.63) is 51.5 Å². The first kappa shape index (κ1) is 18.1. The highest BCUT2D eigenvalue weighted by atomic mass is 32.1. The van der Waals surface area contributed by atoms with Crippen molar-refractivity contribution in [3.8, 4) is 0 Å². The molecule has 1 saturated carbocycles. The van der Waals surface area contributed by atoms with Crippen molar-refractivity contribution < 1.29 is 9.18 Å². The van der Waals surface area contributed by atoms with Gasteiger partial charge >= 0.3 is 0 Å². The van der Waals surface area contributed by atoms with E-state index in [4.69, 9.17) is 0 Å². The molecule has 0 N–H and O–H groups in total. The van der Waals surface area contributed by atoms with Crippen LogP contribution in [-0.4, -0.2) is 47.9 Å². The van der Waals surface area contributed by atoms with Crippen molar-refractivity contribution >= 4 is 22.9 Å². The second-order valence-corrected chi connectivity index (χ2v) is 9.27. The molecule has 5 rings (SSSR count). The number of amides is 1. The van der Waals surface area contributed by atoms with E-state index in [1.165, 1.54) is 42.2 Å². The number of piperazine rings is 1. The summed E-state index contributed by atoms with van der Waals surface area (Å²) >= 11 is 1.68. The van der Waals surface area contributed by atoms with Gasteiger partial charge in [-0.3, -0.25) is 9.69 Å². The third kappa shape index (κ3) is 3.33. The van der Waals surface area contributed by atoms with Gasteiger partial charge in [0.1, 0.15) is 5.82 Å². The average molecular weight is 400 g/mol. The van der Waals surface area contributed by atoms with Gasteiger partial charge in [0, 0.05) is 50.2 Å². The van der Waals surface area contributed by atoms with Crippen LogP contribution in [0, 0.1) is 5.82 Å². The van der Waals surface area contributed by atoms with E-state index in [0.29, 0.717) is 31.9 Å². The minimum Gasteiger partial charge on any atom is -0.366 e. The fourth-order valence-corrected chi connectivity index (χ4v) is 6.01. The van der Waals surface area contributed by atoms with Gasteiger partial charge in [0.2, 0.25) is 0 Å². The van der Waals surface area contributed by atoms with E-state index >= 15 is 0 Å². The lowest BCUT2D eigenvalue weighted by Crippen LogP contribution is -2.48. The van der Waals surface area contributed by atoms with Gasteiger partial charge in [-0.1, -0.05) is 25.0 Å². The standard InChI is InChI=1S/C22H26FN3OS/c23-18-7-3-4-8-19(18)24-9-11-25(12-10-24)22(27)20-13-16-14-26(15-21(16)28-20)17-5-1-2-6-17/h3-4,7-8,13,17H,1-2,5-6,9-12,14-15H2. The molecule has 0 bridgehead atoms. The van der Waals surface area contributed by atoms with Crippen molar-refractivity contribution in [1.29, 1.82) is 0 Å². The monoisotopic (exact) mass is 399 g/mol. The molecule has 6 heteroatoms. The Kier molecular flexibility index (Phi) is 4.85. The highest BCUT2D eigenvalue weighted by molar-refractivity contribution is 7.14. The molecule has 1 aliphatic carbocycles. The first-order chi connectivity index (χ1) is 13.7. The molecule has 0 atom stereocenters. The van der Waals surface area contributed by atoms with Gasteiger partial charge < -0.3 is 9.80 Å². The largest absolute Gasteiger partial charge is 0.366 e. The summed E-state index contributed by atoms with van der Waals surface area (Å²) in [7, 11) is 0. The van der Waals surface area contributed by atoms with Crippen LogP contribution in [0.5, 0.6) is 0 Å². The zero-order valence-electron chi connectivity index (χ0n) is 16.1. The number of carbonyl (C=O) groups is 1. The molecule has 2 fully saturated rings. The number of nitrogens with zero attached hydrogens (tertiary/aromatic N) is 3. The van der Waals surface area contributed by atoms with Gasteiger partial charge in [-0.25, -0.2) is 4.39 Å². The third-order valence-corrected chi connectivity index (χ3v) is 7.58. The Balaban J connectivity index is 1.21. The number of benzene rings is 1. The number of carbonyl (C=O) groups excluding carboxylic acids is 1. The van der Waals surface area contributed by atoms with Crippen molar-refractivity contribution in [2.45, 2.75) is 44.8 Å². The molecule has 2 aromatic rings. The number of rotatable bonds is 3. The zero-order chi connectivity index (χ0) is 19.1. The van der Waals surface area contributed by atoms with Crippen LogP contribution in [0.2, 0.25) is 0 Å². The number of anilines is 1. The molecular weight excluding hydrogens is 373 g/mol. The minimum absolute atomic E-state index is 0.139. The molecule has 3 heterocycles. The molecule has 0 radical (unpaired) electrons. The van der Waals surface area contributed by atoms with Gasteiger partial charge in [0.05, 0.1) is 10.6 Å². The van der Waals surface area contributed by atoms with Crippen LogP contribution in [0.15, 0.2) is 30.3 Å². The highest BCUT2D eigenvalue weighted by Gasteiger charge is 2.31. The maximum Gasteiger partial charge on any atom is 0.264 e. The Morgan fingerprint density at radius 1 is 1.04 bits per heavy atom. The lowest BCUT2D eigenvalue weighted by molar-refractivity contribution is 0.0751. The van der Waals surface area contributed by atoms with Gasteiger partial charge in [-0.15, -0.1) is 11.3 Å². The molecule has 4 nitrogen and oxygen atoms in total. The molecule has 1 aromatic carbocycles. The summed E-state index contributed by atoms with van der Waals surface area (Å²) < 4.78 is 14.0. The van der Waals surface area contributed by atoms with Crippen molar-refractivity contribution in [1.82, 2.24) is 9.80 Å². The first-order valence-electron chi connectivity index (χ1n) is 10.3. The maximum absolute atomic E-state index is 14.0. The number of fused-ring (bicyclic) bond motifs is 1. The van der Waals surface area contributed by atoms with Crippen LogP contribution < -0.4 is 4.90 Å². The number of halogens is 1. The SMILES string of the molecule is O=C(c1cc2c(s1)CN(C1CCCC1)C2)N1CCN(c2ccccc2F)CC1. The lowest BCUT2D eigenvalue weighted by atomic mass is 10.2. The van der Waals surface area contributed by atoms with E-state index in [0.717, 1.165) is 24.0 Å². The molecular formula is C22H26FN3OS. The summed E-state index contributed by atoms with van der Waals surface area (Å²) in [6.45, 7) is 4.65. The van der Waals surface area contributed by atoms with Crippen LogP contribution >= 0.6 is 11.3 Å². The molecule has 28 heavy (non-hydrogen) atoms. The molecule has 1 aromatic heterocycles. The normalized spacial score (nSPS) is 20.8. The molecule has 2 aliphatic heterocycles. The number of para-hydroxylation sites is 1. The molecule has 1 saturated heterocycles. The summed E-state index contributed by atoms with van der Waals surface area (Å²) in [4.78, 5) is 21.8. The van der Waals surface area contributed by atoms with E-state index in [9.17, 15) is 9.18 Å². The molecule has 3 aliphatic rings. The Hall–Kier alpha value is -1.92. The molecule has 0 unspecified atom stereocenters. The van der Waals surface area contributed by atoms with E-state index in [-0.39, 0.29) is 11.7 Å². The van der Waals surface area contributed by atoms with Gasteiger partial charge in [0.15, 0.2) is 0 Å². The zero-order valence-corrected chi connectivity index (χ0v) is 16.9. The fraction of sp³-hybridized carbons (Fsp3) is 0.500. The third-order valence-electron chi connectivity index (χ3n) is 6.43. The Bertz CT molecular complexity index is 845. The Labute approximate surface area is 169 Å². The predicted octanol–water partition coefficient (Wildman–Crippen LogP) is 4.11. The number of hydrogen-bond acceptors (Lipinski definition) is 4. The van der Waals surface area contributed by atoms with E-state index in [1.807, 2.05) is 21.9 Å². The smallest absolute Gasteiger partial charge is 0.264 e. The van der Waals surface area contributed by atoms with E-state index in [2.05, 4.69) is 11.0 Å². The van der Waals surface area contributed by atoms with Crippen LogP contribution in [0.25, 0.3) is 0 Å². The number of hydrogen-bond donors (Lipinski definition) is 0. The second-order valence-electron chi connectivity index (χ2n) is 8.13. The Morgan fingerprint density at radius 2 is 1.79 bits per heavy atom. The molecule has 0 spiro atoms. The predicted molar refractivity (Wildman–Crippen MR) is 110 cm³/mol. The van der Waals surface area contributed by atoms with Crippen molar-refractivity contribution in [3.63, 3.8) is 0 Å². The van der Waals surface area contributed by atoms with Crippen molar-refractivity contribution in [2.75, 3.05) is 31.1 Å². The topological polar surface area (TPSA) is 26.8 Å². The maximum atomic E-state index is 14.0. The summed E-state index contributed by atoms with van der Waals surface area (Å²) in [6.07, 6.45) is 5.37. The van der Waals surface area contributed by atoms with E-state index in [1.54, 1.807) is 17.4 Å². The van der Waals surface area contributed by atoms with Crippen LogP contribution in [-0.2, 0) is 13.1 Å². The van der Waals surface area contributed by atoms with Crippen LogP contribution in [0.1, 0.15) is 45.8 Å². The second kappa shape index (κ2) is 7.48. The average Bonchev–Trinajstić information content (AvgIpc) is 3.44. The molecule has 148 valence electrons. The number of thiophene rings is 1. The quantitative estimate of drug-likeness (QED) is 0.777. The van der Waals surface area contributed by atoms with Crippen LogP contribution in [0.4, 0.5) is 10.1 Å². The fourth-order valence-electron chi connectivity index (χ4n) is 4.84. The highest BCUT2D eigenvalue weighted by Crippen LogP contribution is 2.36. The van der Waals surface area contributed by atoms with Crippen molar-refractivity contribution in [2.24, 2.45) is 0 Å². The summed E-state index contributed by atoms with van der Waals surface area (Å²) in [5, 5.41) is 0. The lowest BCUT2D eigenvalue weighted by Gasteiger charge is -2.36. The van der Waals surface area contributed by atoms with Gasteiger partial charge in [-0.05, 0) is 36.6 Å². The summed E-state index contributed by atoms with van der Waals surface area (Å²) in [6, 6.07) is 9.74. The van der Waals surface area contributed by atoms with E-state index < -0.39 is 0 Å². The van der Waals surface area contributed by atoms with Crippen LogP contribution in [0.3, 0.4) is 0 Å².